The van der Waals surface area contributed by atoms with Crippen molar-refractivity contribution >= 4 is 29.2 Å². The third-order valence-electron chi connectivity index (χ3n) is 3.39. The number of Topliss-reactive ketones (excluding diaryl/α,β-unsaturated/α-hetero) is 1. The Morgan fingerprint density at radius 3 is 2.58 bits per heavy atom. The number of carbonyl (C=O) groups is 2. The molecule has 0 fully saturated rings. The van der Waals surface area contributed by atoms with E-state index in [0.717, 1.165) is 6.07 Å². The van der Waals surface area contributed by atoms with Crippen LogP contribution in [0.3, 0.4) is 0 Å². The summed E-state index contributed by atoms with van der Waals surface area (Å²) in [4.78, 5) is 34.5. The number of hydrogen-bond acceptors (Lipinski definition) is 6. The third kappa shape index (κ3) is 4.85. The number of rotatable bonds is 7. The van der Waals surface area contributed by atoms with Crippen molar-refractivity contribution in [3.8, 4) is 0 Å². The lowest BCUT2D eigenvalue weighted by Gasteiger charge is -2.09. The van der Waals surface area contributed by atoms with Crippen LogP contribution >= 0.6 is 11.8 Å². The first-order valence-electron chi connectivity index (χ1n) is 7.29. The number of aryl methyl sites for hydroxylation is 1. The minimum absolute atomic E-state index is 0.0188. The number of nitrogens with zero attached hydrogens (tertiary/aromatic N) is 1. The number of thioether (sulfide) groups is 1. The summed E-state index contributed by atoms with van der Waals surface area (Å²) in [7, 11) is 0. The fourth-order valence-corrected chi connectivity index (χ4v) is 2.73. The standard InChI is InChI=1S/C17H13F2NO5S/c1-10-6-7-11(8-13(10)20(23)24)14(21)9-25-16(22)12-4-2-3-5-15(12)26-17(18)19/h2-8,17H,9H2,1H3. The highest BCUT2D eigenvalue weighted by atomic mass is 32.2. The van der Waals surface area contributed by atoms with Gasteiger partial charge in [-0.05, 0) is 19.1 Å². The van der Waals surface area contributed by atoms with E-state index in [1.54, 1.807) is 0 Å². The molecule has 2 rings (SSSR count). The maximum atomic E-state index is 12.5. The largest absolute Gasteiger partial charge is 0.454 e. The molecule has 0 radical (unpaired) electrons. The predicted molar refractivity (Wildman–Crippen MR) is 90.7 cm³/mol. The lowest BCUT2D eigenvalue weighted by molar-refractivity contribution is -0.385. The molecule has 2 aromatic rings. The molecule has 0 saturated heterocycles. The van der Waals surface area contributed by atoms with E-state index in [2.05, 4.69) is 0 Å². The van der Waals surface area contributed by atoms with Crippen molar-refractivity contribution in [1.82, 2.24) is 0 Å². The molecule has 0 spiro atoms. The van der Waals surface area contributed by atoms with Crippen molar-refractivity contribution in [3.63, 3.8) is 0 Å². The number of hydrogen-bond donors (Lipinski definition) is 0. The van der Waals surface area contributed by atoms with Gasteiger partial charge in [0.05, 0.1) is 10.5 Å². The van der Waals surface area contributed by atoms with Crippen LogP contribution in [0.5, 0.6) is 0 Å². The second kappa shape index (κ2) is 8.52. The van der Waals surface area contributed by atoms with Gasteiger partial charge in [-0.1, -0.05) is 36.0 Å². The first kappa shape index (κ1) is 19.5. The van der Waals surface area contributed by atoms with E-state index >= 15 is 0 Å². The molecule has 0 aliphatic rings. The average Bonchev–Trinajstić information content (AvgIpc) is 2.59. The van der Waals surface area contributed by atoms with Gasteiger partial charge < -0.3 is 4.74 Å². The Bertz CT molecular complexity index is 857. The molecule has 0 N–H and O–H groups in total. The topological polar surface area (TPSA) is 86.5 Å². The first-order chi connectivity index (χ1) is 12.3. The molecule has 0 heterocycles. The minimum Gasteiger partial charge on any atom is -0.454 e. The van der Waals surface area contributed by atoms with Crippen molar-refractivity contribution in [3.05, 3.63) is 69.3 Å². The highest BCUT2D eigenvalue weighted by Gasteiger charge is 2.19. The van der Waals surface area contributed by atoms with Gasteiger partial charge in [-0.15, -0.1) is 0 Å². The normalized spacial score (nSPS) is 10.6. The predicted octanol–water partition coefficient (Wildman–Crippen LogP) is 4.26. The summed E-state index contributed by atoms with van der Waals surface area (Å²) in [6.07, 6.45) is 0. The van der Waals surface area contributed by atoms with Crippen LogP contribution in [0.2, 0.25) is 0 Å². The summed E-state index contributed by atoms with van der Waals surface area (Å²) in [6, 6.07) is 9.55. The van der Waals surface area contributed by atoms with Crippen molar-refractivity contribution in [1.29, 1.82) is 0 Å². The van der Waals surface area contributed by atoms with E-state index in [1.807, 2.05) is 0 Å². The van der Waals surface area contributed by atoms with E-state index in [1.165, 1.54) is 43.3 Å². The number of ketones is 1. The lowest BCUT2D eigenvalue weighted by atomic mass is 10.1. The van der Waals surface area contributed by atoms with Crippen LogP contribution in [0.4, 0.5) is 14.5 Å². The molecule has 26 heavy (non-hydrogen) atoms. The van der Waals surface area contributed by atoms with Crippen LogP contribution in [0.25, 0.3) is 0 Å². The highest BCUT2D eigenvalue weighted by Crippen LogP contribution is 2.28. The molecule has 0 aromatic heterocycles. The maximum Gasteiger partial charge on any atom is 0.339 e. The Morgan fingerprint density at radius 2 is 1.92 bits per heavy atom. The number of esters is 1. The fraction of sp³-hybridized carbons (Fsp3) is 0.176. The molecule has 0 unspecified atom stereocenters. The quantitative estimate of drug-likeness (QED) is 0.234. The van der Waals surface area contributed by atoms with Crippen LogP contribution in [-0.2, 0) is 4.74 Å². The Balaban J connectivity index is 2.09. The molecule has 9 heteroatoms. The number of alkyl halides is 2. The van der Waals surface area contributed by atoms with E-state index in [9.17, 15) is 28.5 Å². The second-order valence-electron chi connectivity index (χ2n) is 5.13. The SMILES string of the molecule is Cc1ccc(C(=O)COC(=O)c2ccccc2SC(F)F)cc1[N+](=O)[O-]. The average molecular weight is 381 g/mol. The molecule has 136 valence electrons. The van der Waals surface area contributed by atoms with Gasteiger partial charge in [0.2, 0.25) is 5.78 Å². The van der Waals surface area contributed by atoms with Gasteiger partial charge in [0.1, 0.15) is 0 Å². The number of halogens is 2. The molecular weight excluding hydrogens is 368 g/mol. The molecule has 6 nitrogen and oxygen atoms in total. The van der Waals surface area contributed by atoms with E-state index in [-0.39, 0.29) is 33.5 Å². The summed E-state index contributed by atoms with van der Waals surface area (Å²) < 4.78 is 30.0. The fourth-order valence-electron chi connectivity index (χ4n) is 2.11. The zero-order chi connectivity index (χ0) is 19.3. The third-order valence-corrected chi connectivity index (χ3v) is 4.17. The van der Waals surface area contributed by atoms with Gasteiger partial charge in [0.25, 0.3) is 11.4 Å². The lowest BCUT2D eigenvalue weighted by Crippen LogP contribution is -2.15. The molecular formula is C17H13F2NO5S. The van der Waals surface area contributed by atoms with Crippen LogP contribution in [-0.4, -0.2) is 29.0 Å². The molecule has 2 aromatic carbocycles. The zero-order valence-corrected chi connectivity index (χ0v) is 14.3. The molecule has 0 saturated carbocycles. The Labute approximate surface area is 151 Å². The van der Waals surface area contributed by atoms with Gasteiger partial charge in [0.15, 0.2) is 6.61 Å². The van der Waals surface area contributed by atoms with Gasteiger partial charge in [0, 0.05) is 22.1 Å². The van der Waals surface area contributed by atoms with Crippen LogP contribution in [0.15, 0.2) is 47.4 Å². The first-order valence-corrected chi connectivity index (χ1v) is 8.16. The van der Waals surface area contributed by atoms with Gasteiger partial charge in [-0.3, -0.25) is 14.9 Å². The zero-order valence-electron chi connectivity index (χ0n) is 13.5. The van der Waals surface area contributed by atoms with E-state index in [0.29, 0.717) is 5.56 Å². The smallest absolute Gasteiger partial charge is 0.339 e. The second-order valence-corrected chi connectivity index (χ2v) is 6.16. The Morgan fingerprint density at radius 1 is 1.23 bits per heavy atom. The molecule has 0 atom stereocenters. The minimum atomic E-state index is -2.71. The van der Waals surface area contributed by atoms with Crippen LogP contribution in [0, 0.1) is 17.0 Å². The number of carbonyl (C=O) groups excluding carboxylic acids is 2. The Kier molecular flexibility index (Phi) is 6.40. The number of nitro benzene ring substituents is 1. The summed E-state index contributed by atoms with van der Waals surface area (Å²) in [6.45, 7) is 0.872. The van der Waals surface area contributed by atoms with Gasteiger partial charge >= 0.3 is 5.97 Å². The molecule has 0 aliphatic heterocycles. The number of ether oxygens (including phenoxy) is 1. The monoisotopic (exact) mass is 381 g/mol. The number of nitro groups is 1. The van der Waals surface area contributed by atoms with Gasteiger partial charge in [-0.2, -0.15) is 8.78 Å². The van der Waals surface area contributed by atoms with E-state index in [4.69, 9.17) is 4.74 Å². The van der Waals surface area contributed by atoms with Crippen LogP contribution < -0.4 is 0 Å². The molecule has 0 aliphatic carbocycles. The summed E-state index contributed by atoms with van der Waals surface area (Å²) in [5.41, 5.74) is 0.105. The summed E-state index contributed by atoms with van der Waals surface area (Å²) in [5, 5.41) is 10.9. The van der Waals surface area contributed by atoms with Crippen LogP contribution in [0.1, 0.15) is 26.3 Å². The van der Waals surface area contributed by atoms with Crippen molar-refractivity contribution in [2.24, 2.45) is 0 Å². The van der Waals surface area contributed by atoms with Crippen molar-refractivity contribution < 1.29 is 28.0 Å². The summed E-state index contributed by atoms with van der Waals surface area (Å²) in [5.74, 6) is -4.28. The van der Waals surface area contributed by atoms with Crippen molar-refractivity contribution in [2.45, 2.75) is 17.6 Å². The molecule has 0 bridgehead atoms. The van der Waals surface area contributed by atoms with Crippen molar-refractivity contribution in [2.75, 3.05) is 6.61 Å². The van der Waals surface area contributed by atoms with E-state index < -0.39 is 29.0 Å². The molecule has 0 amide bonds. The summed E-state index contributed by atoms with van der Waals surface area (Å²) >= 11 is 0.197. The maximum absolute atomic E-state index is 12.5. The Hall–Kier alpha value is -2.81. The highest BCUT2D eigenvalue weighted by molar-refractivity contribution is 7.99. The van der Waals surface area contributed by atoms with Gasteiger partial charge in [-0.25, -0.2) is 4.79 Å². The number of benzene rings is 2.